The molecule has 8 nitrogen and oxygen atoms in total. The number of aryl methyl sites for hydroxylation is 2. The van der Waals surface area contributed by atoms with E-state index in [0.717, 1.165) is 23.4 Å². The lowest BCUT2D eigenvalue weighted by Gasteiger charge is -2.07. The minimum atomic E-state index is -0.538. The molecule has 122 valence electrons. The highest BCUT2D eigenvalue weighted by molar-refractivity contribution is 6.00. The van der Waals surface area contributed by atoms with Crippen molar-refractivity contribution in [2.24, 2.45) is 0 Å². The van der Waals surface area contributed by atoms with Gasteiger partial charge >= 0.3 is 0 Å². The zero-order valence-corrected chi connectivity index (χ0v) is 13.3. The number of hydrogen-bond donors (Lipinski definition) is 2. The minimum absolute atomic E-state index is 0.116. The van der Waals surface area contributed by atoms with Gasteiger partial charge in [0.15, 0.2) is 0 Å². The van der Waals surface area contributed by atoms with Crippen molar-refractivity contribution in [3.8, 4) is 0 Å². The van der Waals surface area contributed by atoms with Crippen molar-refractivity contribution in [3.63, 3.8) is 0 Å². The molecule has 3 aromatic rings. The second-order valence-corrected chi connectivity index (χ2v) is 5.11. The van der Waals surface area contributed by atoms with Gasteiger partial charge in [-0.15, -0.1) is 0 Å². The highest BCUT2D eigenvalue weighted by Gasteiger charge is 2.12. The van der Waals surface area contributed by atoms with Crippen molar-refractivity contribution >= 4 is 22.8 Å². The molecule has 8 heteroatoms. The molecule has 0 radical (unpaired) electrons. The number of carbonyl (C=O) groups is 2. The van der Waals surface area contributed by atoms with Gasteiger partial charge in [0, 0.05) is 24.5 Å². The molecule has 0 aliphatic heterocycles. The number of carbonyl (C=O) groups excluding carboxylic acids is 2. The Labute approximate surface area is 137 Å². The van der Waals surface area contributed by atoms with Crippen molar-refractivity contribution in [2.45, 2.75) is 20.4 Å². The van der Waals surface area contributed by atoms with Crippen molar-refractivity contribution in [1.82, 2.24) is 30.4 Å². The lowest BCUT2D eigenvalue weighted by atomic mass is 10.2. The molecule has 0 saturated carbocycles. The Kier molecular flexibility index (Phi) is 4.19. The molecule has 2 N–H and O–H groups in total. The Morgan fingerprint density at radius 3 is 2.67 bits per heavy atom. The van der Waals surface area contributed by atoms with E-state index >= 15 is 0 Å². The molecular formula is C16H16N6O2. The van der Waals surface area contributed by atoms with Crippen LogP contribution in [0, 0.1) is 6.92 Å². The van der Waals surface area contributed by atoms with Gasteiger partial charge in [-0.25, -0.2) is 9.97 Å². The maximum Gasteiger partial charge on any atom is 0.289 e. The molecule has 24 heavy (non-hydrogen) atoms. The summed E-state index contributed by atoms with van der Waals surface area (Å²) < 4.78 is 2.06. The zero-order valence-electron chi connectivity index (χ0n) is 13.3. The summed E-state index contributed by atoms with van der Waals surface area (Å²) in [5.41, 5.74) is 6.89. The van der Waals surface area contributed by atoms with Gasteiger partial charge in [-0.05, 0) is 32.0 Å². The molecule has 0 fully saturated rings. The highest BCUT2D eigenvalue weighted by Crippen LogP contribution is 2.17. The van der Waals surface area contributed by atoms with Gasteiger partial charge in [-0.1, -0.05) is 0 Å². The van der Waals surface area contributed by atoms with Crippen molar-refractivity contribution in [2.75, 3.05) is 0 Å². The maximum absolute atomic E-state index is 12.2. The number of aromatic nitrogens is 4. The van der Waals surface area contributed by atoms with Crippen LogP contribution in [-0.4, -0.2) is 31.3 Å². The second-order valence-electron chi connectivity index (χ2n) is 5.11. The SMILES string of the molecule is CCn1c(C)nc2cc(C(=O)NNC(=O)c3cnccn3)ccc21. The highest BCUT2D eigenvalue weighted by atomic mass is 16.2. The van der Waals surface area contributed by atoms with Crippen LogP contribution < -0.4 is 10.9 Å². The maximum atomic E-state index is 12.2. The lowest BCUT2D eigenvalue weighted by Crippen LogP contribution is -2.41. The summed E-state index contributed by atoms with van der Waals surface area (Å²) in [6, 6.07) is 5.23. The van der Waals surface area contributed by atoms with E-state index in [4.69, 9.17) is 0 Å². The number of nitrogens with zero attached hydrogens (tertiary/aromatic N) is 4. The van der Waals surface area contributed by atoms with Crippen LogP contribution in [0.15, 0.2) is 36.8 Å². The van der Waals surface area contributed by atoms with Crippen LogP contribution in [0.25, 0.3) is 11.0 Å². The molecule has 0 bridgehead atoms. The molecule has 0 atom stereocenters. The van der Waals surface area contributed by atoms with Crippen LogP contribution >= 0.6 is 0 Å². The molecule has 0 spiro atoms. The van der Waals surface area contributed by atoms with Gasteiger partial charge in [-0.3, -0.25) is 25.4 Å². The molecule has 0 saturated heterocycles. The van der Waals surface area contributed by atoms with Crippen molar-refractivity contribution in [1.29, 1.82) is 0 Å². The van der Waals surface area contributed by atoms with E-state index in [2.05, 4.69) is 30.4 Å². The van der Waals surface area contributed by atoms with Crippen LogP contribution in [0.2, 0.25) is 0 Å². The van der Waals surface area contributed by atoms with Crippen LogP contribution in [0.1, 0.15) is 33.6 Å². The van der Waals surface area contributed by atoms with Gasteiger partial charge in [0.25, 0.3) is 11.8 Å². The molecule has 1 aromatic carbocycles. The predicted molar refractivity (Wildman–Crippen MR) is 87.1 cm³/mol. The summed E-state index contributed by atoms with van der Waals surface area (Å²) in [6.45, 7) is 4.77. The standard InChI is InChI=1S/C16H16N6O2/c1-3-22-10(2)19-12-8-11(4-5-14(12)22)15(23)20-21-16(24)13-9-17-6-7-18-13/h4-9H,3H2,1-2H3,(H,20,23)(H,21,24). The Hall–Kier alpha value is -3.29. The van der Waals surface area contributed by atoms with E-state index in [1.54, 1.807) is 12.1 Å². The Bertz CT molecular complexity index is 904. The first-order valence-corrected chi connectivity index (χ1v) is 7.43. The van der Waals surface area contributed by atoms with E-state index in [1.165, 1.54) is 18.6 Å². The Morgan fingerprint density at radius 1 is 1.17 bits per heavy atom. The quantitative estimate of drug-likeness (QED) is 0.706. The predicted octanol–water partition coefficient (Wildman–Crippen LogP) is 1.23. The number of imidazole rings is 1. The van der Waals surface area contributed by atoms with Crippen LogP contribution in [0.5, 0.6) is 0 Å². The van der Waals surface area contributed by atoms with E-state index in [-0.39, 0.29) is 5.69 Å². The molecule has 0 aliphatic rings. The third-order valence-electron chi connectivity index (χ3n) is 3.60. The van der Waals surface area contributed by atoms with Crippen LogP contribution in [0.3, 0.4) is 0 Å². The first-order valence-electron chi connectivity index (χ1n) is 7.43. The fourth-order valence-electron chi connectivity index (χ4n) is 2.46. The molecule has 0 unspecified atom stereocenters. The first-order chi connectivity index (χ1) is 11.6. The molecule has 0 aliphatic carbocycles. The Balaban J connectivity index is 1.73. The third kappa shape index (κ3) is 2.94. The number of amides is 2. The zero-order chi connectivity index (χ0) is 17.1. The van der Waals surface area contributed by atoms with Gasteiger partial charge < -0.3 is 4.57 Å². The fourth-order valence-corrected chi connectivity index (χ4v) is 2.46. The summed E-state index contributed by atoms with van der Waals surface area (Å²) in [5.74, 6) is -0.0810. The van der Waals surface area contributed by atoms with Crippen molar-refractivity contribution in [3.05, 3.63) is 53.9 Å². The average Bonchev–Trinajstić information content (AvgIpc) is 2.94. The van der Waals surface area contributed by atoms with E-state index in [9.17, 15) is 9.59 Å². The molecule has 2 amide bonds. The fraction of sp³-hybridized carbons (Fsp3) is 0.188. The second kappa shape index (κ2) is 6.45. The number of nitrogens with one attached hydrogen (secondary N) is 2. The number of rotatable bonds is 3. The molecule has 2 heterocycles. The lowest BCUT2D eigenvalue weighted by molar-refractivity contribution is 0.0844. The third-order valence-corrected chi connectivity index (χ3v) is 3.60. The summed E-state index contributed by atoms with van der Waals surface area (Å²) >= 11 is 0. The smallest absolute Gasteiger partial charge is 0.289 e. The normalized spacial score (nSPS) is 10.6. The van der Waals surface area contributed by atoms with Gasteiger partial charge in [0.1, 0.15) is 11.5 Å². The van der Waals surface area contributed by atoms with E-state index < -0.39 is 11.8 Å². The van der Waals surface area contributed by atoms with Crippen LogP contribution in [-0.2, 0) is 6.54 Å². The van der Waals surface area contributed by atoms with E-state index in [1.807, 2.05) is 19.9 Å². The summed E-state index contributed by atoms with van der Waals surface area (Å²) in [7, 11) is 0. The van der Waals surface area contributed by atoms with Gasteiger partial charge in [0.2, 0.25) is 0 Å². The molecule has 2 aromatic heterocycles. The average molecular weight is 324 g/mol. The summed E-state index contributed by atoms with van der Waals surface area (Å²) in [4.78, 5) is 36.1. The first kappa shape index (κ1) is 15.6. The number of hydrazine groups is 1. The largest absolute Gasteiger partial charge is 0.329 e. The monoisotopic (exact) mass is 324 g/mol. The van der Waals surface area contributed by atoms with Gasteiger partial charge in [0.05, 0.1) is 17.2 Å². The topological polar surface area (TPSA) is 102 Å². The van der Waals surface area contributed by atoms with Crippen molar-refractivity contribution < 1.29 is 9.59 Å². The molecular weight excluding hydrogens is 308 g/mol. The summed E-state index contributed by atoms with van der Waals surface area (Å²) in [6.07, 6.45) is 4.17. The molecule has 3 rings (SSSR count). The Morgan fingerprint density at radius 2 is 1.96 bits per heavy atom. The van der Waals surface area contributed by atoms with E-state index in [0.29, 0.717) is 5.56 Å². The van der Waals surface area contributed by atoms with Crippen LogP contribution in [0.4, 0.5) is 0 Å². The summed E-state index contributed by atoms with van der Waals surface area (Å²) in [5, 5.41) is 0. The number of fused-ring (bicyclic) bond motifs is 1. The number of benzene rings is 1. The van der Waals surface area contributed by atoms with Gasteiger partial charge in [-0.2, -0.15) is 0 Å². The number of hydrogen-bond acceptors (Lipinski definition) is 5. The minimum Gasteiger partial charge on any atom is -0.329 e.